The van der Waals surface area contributed by atoms with Crippen molar-refractivity contribution in [2.24, 2.45) is 0 Å². The van der Waals surface area contributed by atoms with E-state index >= 15 is 0 Å². The van der Waals surface area contributed by atoms with Crippen LogP contribution in [0.15, 0.2) is 11.7 Å². The zero-order chi connectivity index (χ0) is 13.5. The van der Waals surface area contributed by atoms with Crippen molar-refractivity contribution in [3.8, 4) is 0 Å². The summed E-state index contributed by atoms with van der Waals surface area (Å²) < 4.78 is 1.21. The fourth-order valence-corrected chi connectivity index (χ4v) is 4.62. The lowest BCUT2D eigenvalue weighted by molar-refractivity contribution is 0.192. The van der Waals surface area contributed by atoms with Gasteiger partial charge in [0, 0.05) is 18.6 Å². The summed E-state index contributed by atoms with van der Waals surface area (Å²) >= 11 is 1.75. The summed E-state index contributed by atoms with van der Waals surface area (Å²) in [6.45, 7) is 4.63. The van der Waals surface area contributed by atoms with Crippen LogP contribution in [0.4, 0.5) is 5.82 Å². The summed E-state index contributed by atoms with van der Waals surface area (Å²) in [5.74, 6) is 1.03. The Morgan fingerprint density at radius 2 is 2.20 bits per heavy atom. The average molecular weight is 288 g/mol. The number of fused-ring (bicyclic) bond motifs is 2. The maximum atomic E-state index is 4.49. The van der Waals surface area contributed by atoms with Crippen LogP contribution in [0.5, 0.6) is 0 Å². The van der Waals surface area contributed by atoms with Crippen LogP contribution in [0.1, 0.15) is 31.2 Å². The molecule has 0 amide bonds. The minimum atomic E-state index is 0.552. The zero-order valence-electron chi connectivity index (χ0n) is 11.8. The summed E-state index contributed by atoms with van der Waals surface area (Å²) in [5.41, 5.74) is 2.35. The van der Waals surface area contributed by atoms with Gasteiger partial charge in [0.15, 0.2) is 0 Å². The number of aryl methyl sites for hydroxylation is 1. The summed E-state index contributed by atoms with van der Waals surface area (Å²) in [6.07, 6.45) is 7.00. The molecule has 2 aliphatic rings. The third-order valence-corrected chi connectivity index (χ3v) is 5.80. The fraction of sp³-hybridized carbons (Fsp3) is 0.600. The monoisotopic (exact) mass is 288 g/mol. The first-order valence-corrected chi connectivity index (χ1v) is 8.40. The number of hydrogen-bond donors (Lipinski definition) is 1. The summed E-state index contributed by atoms with van der Waals surface area (Å²) in [6, 6.07) is 1.26. The third-order valence-electron chi connectivity index (χ3n) is 4.71. The predicted octanol–water partition coefficient (Wildman–Crippen LogP) is 3.04. The van der Waals surface area contributed by atoms with Crippen LogP contribution in [0.3, 0.4) is 0 Å². The van der Waals surface area contributed by atoms with Gasteiger partial charge in [0.2, 0.25) is 0 Å². The lowest BCUT2D eigenvalue weighted by Crippen LogP contribution is -2.41. The van der Waals surface area contributed by atoms with Crippen LogP contribution in [-0.2, 0) is 0 Å². The van der Waals surface area contributed by atoms with E-state index in [1.165, 1.54) is 49.0 Å². The molecule has 1 N–H and O–H groups in total. The normalized spacial score (nSPS) is 26.9. The molecule has 0 aliphatic carbocycles. The van der Waals surface area contributed by atoms with E-state index in [1.54, 1.807) is 17.7 Å². The van der Waals surface area contributed by atoms with Crippen LogP contribution in [0, 0.1) is 6.92 Å². The number of piperidine rings is 1. The van der Waals surface area contributed by atoms with Crippen LogP contribution in [0.2, 0.25) is 0 Å². The first-order valence-electron chi connectivity index (χ1n) is 7.52. The molecule has 0 spiro atoms. The van der Waals surface area contributed by atoms with Gasteiger partial charge in [-0.1, -0.05) is 6.42 Å². The summed E-state index contributed by atoms with van der Waals surface area (Å²) in [5, 5.41) is 5.89. The Morgan fingerprint density at radius 1 is 1.25 bits per heavy atom. The first-order chi connectivity index (χ1) is 9.83. The maximum Gasteiger partial charge on any atom is 0.147 e. The third kappa shape index (κ3) is 2.00. The first kappa shape index (κ1) is 12.5. The molecule has 2 aromatic rings. The Hall–Kier alpha value is -1.20. The molecule has 0 radical (unpaired) electrons. The number of aromatic nitrogens is 2. The van der Waals surface area contributed by atoms with Crippen molar-refractivity contribution in [3.63, 3.8) is 0 Å². The molecule has 4 rings (SSSR count). The molecule has 2 fully saturated rings. The molecule has 5 heteroatoms. The molecule has 0 bridgehead atoms. The van der Waals surface area contributed by atoms with Crippen molar-refractivity contribution in [3.05, 3.63) is 17.3 Å². The minimum absolute atomic E-state index is 0.552. The van der Waals surface area contributed by atoms with Crippen LogP contribution in [0.25, 0.3) is 10.2 Å². The van der Waals surface area contributed by atoms with Gasteiger partial charge in [-0.15, -0.1) is 11.3 Å². The number of nitrogens with zero attached hydrogens (tertiary/aromatic N) is 3. The second-order valence-corrected chi connectivity index (χ2v) is 6.84. The lowest BCUT2D eigenvalue weighted by Gasteiger charge is -2.32. The van der Waals surface area contributed by atoms with E-state index in [2.05, 4.69) is 32.5 Å². The average Bonchev–Trinajstić information content (AvgIpc) is 3.05. The molecule has 2 atom stereocenters. The number of thiophene rings is 1. The van der Waals surface area contributed by atoms with Crippen LogP contribution < -0.4 is 5.32 Å². The minimum Gasteiger partial charge on any atom is -0.364 e. The quantitative estimate of drug-likeness (QED) is 0.922. The Labute approximate surface area is 123 Å². The van der Waals surface area contributed by atoms with E-state index in [9.17, 15) is 0 Å². The van der Waals surface area contributed by atoms with Gasteiger partial charge in [0.1, 0.15) is 12.1 Å². The second-order valence-electron chi connectivity index (χ2n) is 5.96. The number of nitrogens with one attached hydrogen (secondary N) is 1. The van der Waals surface area contributed by atoms with Gasteiger partial charge >= 0.3 is 0 Å². The van der Waals surface area contributed by atoms with Gasteiger partial charge in [-0.2, -0.15) is 0 Å². The molecule has 4 nitrogen and oxygen atoms in total. The highest BCUT2D eigenvalue weighted by Gasteiger charge is 2.35. The molecule has 2 aliphatic heterocycles. The largest absolute Gasteiger partial charge is 0.364 e. The van der Waals surface area contributed by atoms with Gasteiger partial charge in [0.25, 0.3) is 0 Å². The van der Waals surface area contributed by atoms with E-state index in [0.29, 0.717) is 12.1 Å². The van der Waals surface area contributed by atoms with E-state index in [4.69, 9.17) is 0 Å². The van der Waals surface area contributed by atoms with Crippen LogP contribution in [-0.4, -0.2) is 40.0 Å². The molecule has 2 saturated heterocycles. The standard InChI is InChI=1S/C15H20N4S/c1-10-8-20-14-13(10)16-9-17-15(14)18-11-5-7-19-6-3-2-4-12(11)19/h8-9,11-12H,2-7H2,1H3,(H,16,17,18)/t11-,12+/m0/s1. The van der Waals surface area contributed by atoms with Crippen molar-refractivity contribution in [1.82, 2.24) is 14.9 Å². The molecule has 0 unspecified atom stereocenters. The molecule has 0 aromatic carbocycles. The van der Waals surface area contributed by atoms with Gasteiger partial charge in [-0.25, -0.2) is 9.97 Å². The zero-order valence-corrected chi connectivity index (χ0v) is 12.6. The van der Waals surface area contributed by atoms with Gasteiger partial charge < -0.3 is 5.32 Å². The van der Waals surface area contributed by atoms with Gasteiger partial charge in [-0.05, 0) is 43.7 Å². The van der Waals surface area contributed by atoms with Crippen LogP contribution >= 0.6 is 11.3 Å². The lowest BCUT2D eigenvalue weighted by atomic mass is 9.99. The second kappa shape index (κ2) is 4.97. The Morgan fingerprint density at radius 3 is 3.15 bits per heavy atom. The van der Waals surface area contributed by atoms with Gasteiger partial charge in [-0.3, -0.25) is 4.90 Å². The fourth-order valence-electron chi connectivity index (χ4n) is 3.66. The van der Waals surface area contributed by atoms with Crippen molar-refractivity contribution in [1.29, 1.82) is 0 Å². The molecular weight excluding hydrogens is 268 g/mol. The smallest absolute Gasteiger partial charge is 0.147 e. The number of hydrogen-bond acceptors (Lipinski definition) is 5. The SMILES string of the molecule is Cc1csc2c(N[C@H]3CCN4CCCC[C@H]34)ncnc12. The number of rotatable bonds is 2. The van der Waals surface area contributed by atoms with E-state index in [1.807, 2.05) is 0 Å². The van der Waals surface area contributed by atoms with Gasteiger partial charge in [0.05, 0.1) is 10.2 Å². The topological polar surface area (TPSA) is 41.0 Å². The number of anilines is 1. The van der Waals surface area contributed by atoms with Crippen molar-refractivity contribution < 1.29 is 0 Å². The Kier molecular flexibility index (Phi) is 3.11. The van der Waals surface area contributed by atoms with Crippen molar-refractivity contribution >= 4 is 27.4 Å². The van der Waals surface area contributed by atoms with Crippen molar-refractivity contribution in [2.45, 2.75) is 44.7 Å². The summed E-state index contributed by atoms with van der Waals surface area (Å²) in [4.78, 5) is 11.5. The molecule has 106 valence electrons. The molecular formula is C15H20N4S. The molecule has 2 aromatic heterocycles. The maximum absolute atomic E-state index is 4.49. The molecule has 0 saturated carbocycles. The summed E-state index contributed by atoms with van der Waals surface area (Å²) in [7, 11) is 0. The molecule has 20 heavy (non-hydrogen) atoms. The van der Waals surface area contributed by atoms with E-state index in [0.717, 1.165) is 11.3 Å². The predicted molar refractivity (Wildman–Crippen MR) is 83.4 cm³/mol. The van der Waals surface area contributed by atoms with E-state index in [-0.39, 0.29) is 0 Å². The van der Waals surface area contributed by atoms with E-state index < -0.39 is 0 Å². The highest BCUT2D eigenvalue weighted by Crippen LogP contribution is 2.33. The Bertz CT molecular complexity index is 623. The Balaban J connectivity index is 1.61. The van der Waals surface area contributed by atoms with Crippen molar-refractivity contribution in [2.75, 3.05) is 18.4 Å². The highest BCUT2D eigenvalue weighted by atomic mass is 32.1. The molecule has 4 heterocycles. The highest BCUT2D eigenvalue weighted by molar-refractivity contribution is 7.18.